The van der Waals surface area contributed by atoms with Gasteiger partial charge in [0.15, 0.2) is 0 Å². The van der Waals surface area contributed by atoms with Crippen LogP contribution >= 0.6 is 0 Å². The first-order chi connectivity index (χ1) is 12.0. The van der Waals surface area contributed by atoms with Gasteiger partial charge in [-0.15, -0.1) is 0 Å². The number of carbonyl (C=O) groups excluding carboxylic acids is 1. The smallest absolute Gasteiger partial charge is 0.488 e. The van der Waals surface area contributed by atoms with Crippen molar-refractivity contribution in [2.24, 2.45) is 0 Å². The average molecular weight is 356 g/mol. The van der Waals surface area contributed by atoms with Crippen LogP contribution in [0.1, 0.15) is 52.7 Å². The molecule has 0 fully saturated rings. The molecule has 0 aromatic heterocycles. The van der Waals surface area contributed by atoms with Crippen molar-refractivity contribution in [1.29, 1.82) is 0 Å². The largest absolute Gasteiger partial charge is 0.514 e. The number of hydrogen-bond acceptors (Lipinski definition) is 4. The van der Waals surface area contributed by atoms with Crippen molar-refractivity contribution in [3.05, 3.63) is 59.7 Å². The second-order valence-corrected chi connectivity index (χ2v) is 8.25. The van der Waals surface area contributed by atoms with E-state index in [2.05, 4.69) is 20.8 Å². The van der Waals surface area contributed by atoms with Crippen LogP contribution in [0.3, 0.4) is 0 Å². The van der Waals surface area contributed by atoms with Crippen molar-refractivity contribution >= 4 is 6.16 Å². The third-order valence-electron chi connectivity index (χ3n) is 3.59. The summed E-state index contributed by atoms with van der Waals surface area (Å²) in [5, 5.41) is 0. The van der Waals surface area contributed by atoms with Gasteiger partial charge in [-0.1, -0.05) is 57.2 Å². The van der Waals surface area contributed by atoms with Gasteiger partial charge in [-0.3, -0.25) is 0 Å². The first-order valence-electron chi connectivity index (χ1n) is 8.77. The molecule has 140 valence electrons. The summed E-state index contributed by atoms with van der Waals surface area (Å²) >= 11 is 0. The fourth-order valence-corrected chi connectivity index (χ4v) is 2.41. The monoisotopic (exact) mass is 356 g/mol. The van der Waals surface area contributed by atoms with E-state index >= 15 is 0 Å². The Morgan fingerprint density at radius 3 is 2.15 bits per heavy atom. The highest BCUT2D eigenvalue weighted by molar-refractivity contribution is 5.65. The fraction of sp³-hybridized carbons (Fsp3) is 0.409. The zero-order valence-electron chi connectivity index (χ0n) is 16.5. The van der Waals surface area contributed by atoms with Crippen molar-refractivity contribution in [2.45, 2.75) is 59.2 Å². The Bertz CT molecular complexity index is 737. The fourth-order valence-electron chi connectivity index (χ4n) is 2.41. The van der Waals surface area contributed by atoms with Crippen LogP contribution in [0.5, 0.6) is 11.5 Å². The maximum Gasteiger partial charge on any atom is 0.514 e. The topological polar surface area (TPSA) is 44.8 Å². The van der Waals surface area contributed by atoms with E-state index in [1.54, 1.807) is 32.9 Å². The molecule has 0 radical (unpaired) electrons. The molecule has 0 heterocycles. The van der Waals surface area contributed by atoms with Gasteiger partial charge in [-0.05, 0) is 43.4 Å². The quantitative estimate of drug-likeness (QED) is 0.507. The highest BCUT2D eigenvalue weighted by Gasteiger charge is 2.22. The Kier molecular flexibility index (Phi) is 5.96. The molecule has 2 aromatic rings. The summed E-state index contributed by atoms with van der Waals surface area (Å²) in [6, 6.07) is 15.4. The molecular weight excluding hydrogens is 328 g/mol. The van der Waals surface area contributed by atoms with Gasteiger partial charge in [0.05, 0.1) is 0 Å². The lowest BCUT2D eigenvalue weighted by Crippen LogP contribution is -2.26. The van der Waals surface area contributed by atoms with Gasteiger partial charge in [0.25, 0.3) is 0 Å². The lowest BCUT2D eigenvalue weighted by Gasteiger charge is -2.24. The van der Waals surface area contributed by atoms with Crippen LogP contribution in [0.15, 0.2) is 48.5 Å². The number of hydrogen-bond donors (Lipinski definition) is 0. The van der Waals surface area contributed by atoms with Gasteiger partial charge in [-0.2, -0.15) is 0 Å². The molecule has 0 atom stereocenters. The summed E-state index contributed by atoms with van der Waals surface area (Å²) < 4.78 is 16.6. The minimum absolute atomic E-state index is 0.101. The first kappa shape index (κ1) is 19.8. The van der Waals surface area contributed by atoms with Crippen LogP contribution in [0.2, 0.25) is 0 Å². The standard InChI is InChI=1S/C22H28O4/c1-21(2,3)18-13-12-17(25-20(23)26-22(4,5)6)14-19(18)24-15-16-10-8-7-9-11-16/h7-14H,15H2,1-6H3. The van der Waals surface area contributed by atoms with Gasteiger partial charge in [0, 0.05) is 6.07 Å². The summed E-state index contributed by atoms with van der Waals surface area (Å²) in [5.41, 5.74) is 1.42. The van der Waals surface area contributed by atoms with Crippen molar-refractivity contribution in [1.82, 2.24) is 0 Å². The lowest BCUT2D eigenvalue weighted by atomic mass is 9.86. The summed E-state index contributed by atoms with van der Waals surface area (Å²) in [5.74, 6) is 1.10. The van der Waals surface area contributed by atoms with Crippen LogP contribution in [0.25, 0.3) is 0 Å². The minimum Gasteiger partial charge on any atom is -0.488 e. The van der Waals surface area contributed by atoms with Crippen molar-refractivity contribution < 1.29 is 19.0 Å². The molecule has 0 bridgehead atoms. The Hall–Kier alpha value is -2.49. The maximum atomic E-state index is 11.9. The predicted molar refractivity (Wildman–Crippen MR) is 103 cm³/mol. The van der Waals surface area contributed by atoms with E-state index in [0.29, 0.717) is 18.1 Å². The third-order valence-corrected chi connectivity index (χ3v) is 3.59. The third kappa shape index (κ3) is 6.10. The zero-order chi connectivity index (χ0) is 19.4. The van der Waals surface area contributed by atoms with Crippen LogP contribution in [-0.4, -0.2) is 11.8 Å². The molecule has 0 unspecified atom stereocenters. The molecule has 0 N–H and O–H groups in total. The minimum atomic E-state index is -0.727. The van der Waals surface area contributed by atoms with Gasteiger partial charge in [0.1, 0.15) is 23.7 Å². The van der Waals surface area contributed by atoms with Crippen molar-refractivity contribution in [2.75, 3.05) is 0 Å². The zero-order valence-corrected chi connectivity index (χ0v) is 16.5. The lowest BCUT2D eigenvalue weighted by molar-refractivity contribution is 0.0206. The SMILES string of the molecule is CC(C)(C)OC(=O)Oc1ccc(C(C)(C)C)c(OCc2ccccc2)c1. The van der Waals surface area contributed by atoms with Crippen LogP contribution in [0.4, 0.5) is 4.79 Å². The normalized spacial score (nSPS) is 11.8. The van der Waals surface area contributed by atoms with E-state index in [-0.39, 0.29) is 5.41 Å². The van der Waals surface area contributed by atoms with Gasteiger partial charge in [0.2, 0.25) is 0 Å². The predicted octanol–water partition coefficient (Wildman–Crippen LogP) is 5.88. The molecule has 2 aromatic carbocycles. The van der Waals surface area contributed by atoms with Crippen LogP contribution in [0, 0.1) is 0 Å². The summed E-state index contributed by atoms with van der Waals surface area (Å²) in [4.78, 5) is 11.9. The summed E-state index contributed by atoms with van der Waals surface area (Å²) in [7, 11) is 0. The molecule has 2 rings (SSSR count). The van der Waals surface area contributed by atoms with Gasteiger partial charge >= 0.3 is 6.16 Å². The molecule has 0 aliphatic rings. The van der Waals surface area contributed by atoms with E-state index in [0.717, 1.165) is 11.1 Å². The maximum absolute atomic E-state index is 11.9. The molecule has 0 saturated heterocycles. The number of rotatable bonds is 4. The molecule has 0 saturated carbocycles. The Labute approximate surface area is 156 Å². The Balaban J connectivity index is 2.20. The van der Waals surface area contributed by atoms with Gasteiger partial charge < -0.3 is 14.2 Å². The molecule has 4 heteroatoms. The van der Waals surface area contributed by atoms with Crippen molar-refractivity contribution in [3.8, 4) is 11.5 Å². The average Bonchev–Trinajstić information content (AvgIpc) is 2.51. The Morgan fingerprint density at radius 2 is 1.58 bits per heavy atom. The van der Waals surface area contributed by atoms with Crippen LogP contribution in [-0.2, 0) is 16.8 Å². The Morgan fingerprint density at radius 1 is 0.923 bits per heavy atom. The molecule has 4 nitrogen and oxygen atoms in total. The van der Waals surface area contributed by atoms with E-state index in [9.17, 15) is 4.79 Å². The summed E-state index contributed by atoms with van der Waals surface area (Å²) in [6.07, 6.45) is -0.727. The van der Waals surface area contributed by atoms with Gasteiger partial charge in [-0.25, -0.2) is 4.79 Å². The highest BCUT2D eigenvalue weighted by atomic mass is 16.7. The second-order valence-electron chi connectivity index (χ2n) is 8.25. The summed E-state index contributed by atoms with van der Waals surface area (Å²) in [6.45, 7) is 12.2. The van der Waals surface area contributed by atoms with E-state index < -0.39 is 11.8 Å². The number of ether oxygens (including phenoxy) is 3. The van der Waals surface area contributed by atoms with Crippen molar-refractivity contribution in [3.63, 3.8) is 0 Å². The number of carbonyl (C=O) groups is 1. The van der Waals surface area contributed by atoms with Crippen LogP contribution < -0.4 is 9.47 Å². The molecule has 0 aliphatic carbocycles. The highest BCUT2D eigenvalue weighted by Crippen LogP contribution is 2.35. The van der Waals surface area contributed by atoms with E-state index in [1.807, 2.05) is 36.4 Å². The number of benzene rings is 2. The second kappa shape index (κ2) is 7.81. The molecule has 26 heavy (non-hydrogen) atoms. The first-order valence-corrected chi connectivity index (χ1v) is 8.77. The molecule has 0 amide bonds. The molecular formula is C22H28O4. The molecule has 0 aliphatic heterocycles. The van der Waals surface area contributed by atoms with E-state index in [1.165, 1.54) is 0 Å². The van der Waals surface area contributed by atoms with E-state index in [4.69, 9.17) is 14.2 Å². The molecule has 0 spiro atoms.